The largest absolute Gasteiger partial charge is 0.0843 e. The van der Waals surface area contributed by atoms with E-state index in [9.17, 15) is 0 Å². The van der Waals surface area contributed by atoms with Crippen LogP contribution in [0.15, 0.2) is 54.1 Å². The lowest BCUT2D eigenvalue weighted by atomic mass is 9.88. The van der Waals surface area contributed by atoms with Gasteiger partial charge in [0, 0.05) is 20.1 Å². The third kappa shape index (κ3) is 3.30. The number of hydrogen-bond donors (Lipinski definition) is 0. The van der Waals surface area contributed by atoms with Crippen molar-refractivity contribution >= 4 is 52.0 Å². The molecule has 0 atom stereocenters. The second-order valence-electron chi connectivity index (χ2n) is 5.67. The third-order valence-corrected chi connectivity index (χ3v) is 5.33. The first kappa shape index (κ1) is 17.6. The van der Waals surface area contributed by atoms with Crippen LogP contribution in [0.1, 0.15) is 22.3 Å². The minimum atomic E-state index is 0.593. The average Bonchev–Trinajstić information content (AvgIpc) is 3.03. The summed E-state index contributed by atoms with van der Waals surface area (Å²) in [4.78, 5) is 0. The fourth-order valence-electron chi connectivity index (χ4n) is 2.81. The summed E-state index contributed by atoms with van der Waals surface area (Å²) in [6.45, 7) is 3.97. The second-order valence-corrected chi connectivity index (χ2v) is 7.36. The predicted octanol–water partition coefficient (Wildman–Crippen LogP) is 7.84. The molecular weight excluding hydrogens is 382 g/mol. The van der Waals surface area contributed by atoms with Crippen molar-refractivity contribution in [2.75, 3.05) is 0 Å². The van der Waals surface area contributed by atoms with Crippen molar-refractivity contribution in [1.82, 2.24) is 0 Å². The van der Waals surface area contributed by atoms with Gasteiger partial charge < -0.3 is 0 Å². The molecule has 0 unspecified atom stereocenters. The molecule has 0 bridgehead atoms. The molecule has 1 aliphatic carbocycles. The van der Waals surface area contributed by atoms with Crippen LogP contribution >= 0.6 is 46.4 Å². The Labute approximate surface area is 162 Å². The monoisotopic (exact) mass is 394 g/mol. The number of benzene rings is 2. The van der Waals surface area contributed by atoms with Crippen molar-refractivity contribution in [3.05, 3.63) is 96.5 Å². The van der Waals surface area contributed by atoms with Crippen molar-refractivity contribution in [1.29, 1.82) is 0 Å². The smallest absolute Gasteiger partial charge is 0.0456 e. The Morgan fingerprint density at radius 2 is 1.08 bits per heavy atom. The minimum Gasteiger partial charge on any atom is -0.0843 e. The summed E-state index contributed by atoms with van der Waals surface area (Å²) in [5.41, 5.74) is 5.96. The van der Waals surface area contributed by atoms with Gasteiger partial charge in [0.2, 0.25) is 0 Å². The molecule has 0 aromatic heterocycles. The molecule has 0 amide bonds. The molecule has 2 aromatic rings. The zero-order valence-electron chi connectivity index (χ0n) is 13.1. The second kappa shape index (κ2) is 6.98. The lowest BCUT2D eigenvalue weighted by Crippen LogP contribution is -1.98. The molecule has 3 rings (SSSR count). The lowest BCUT2D eigenvalue weighted by molar-refractivity contribution is 1.37. The molecule has 0 spiro atoms. The zero-order chi connectivity index (χ0) is 17.4. The number of allylic oxidation sites excluding steroid dienone is 5. The summed E-state index contributed by atoms with van der Waals surface area (Å²) in [7, 11) is 0. The third-order valence-electron chi connectivity index (χ3n) is 4.11. The maximum absolute atomic E-state index is 6.36. The summed E-state index contributed by atoms with van der Waals surface area (Å²) >= 11 is 25.3. The van der Waals surface area contributed by atoms with E-state index in [-0.39, 0.29) is 0 Å². The SMILES string of the molecule is Cc1c(Cl)cc(Cl)cc1C(=C1C=CC=C1)c1cc(Cl)cc(Cl)c1C. The average molecular weight is 396 g/mol. The van der Waals surface area contributed by atoms with Crippen molar-refractivity contribution < 1.29 is 0 Å². The van der Waals surface area contributed by atoms with Crippen molar-refractivity contribution in [3.8, 4) is 0 Å². The molecule has 122 valence electrons. The first-order valence-electron chi connectivity index (χ1n) is 7.39. The Balaban J connectivity index is 2.39. The Morgan fingerprint density at radius 1 is 0.667 bits per heavy atom. The van der Waals surface area contributed by atoms with Crippen molar-refractivity contribution in [2.24, 2.45) is 0 Å². The quantitative estimate of drug-likeness (QED) is 0.485. The molecule has 2 aromatic carbocycles. The summed E-state index contributed by atoms with van der Waals surface area (Å²) in [5.74, 6) is 0. The predicted molar refractivity (Wildman–Crippen MR) is 107 cm³/mol. The molecule has 0 nitrogen and oxygen atoms in total. The normalized spacial score (nSPS) is 13.0. The van der Waals surface area contributed by atoms with Crippen molar-refractivity contribution in [2.45, 2.75) is 13.8 Å². The van der Waals surface area contributed by atoms with Gasteiger partial charge in [0.05, 0.1) is 0 Å². The van der Waals surface area contributed by atoms with Gasteiger partial charge in [-0.25, -0.2) is 0 Å². The van der Waals surface area contributed by atoms with Gasteiger partial charge in [0.1, 0.15) is 0 Å². The van der Waals surface area contributed by atoms with E-state index in [1.54, 1.807) is 12.1 Å². The van der Waals surface area contributed by atoms with E-state index in [4.69, 9.17) is 46.4 Å². The molecule has 0 aliphatic heterocycles. The Hall–Kier alpha value is -1.18. The van der Waals surface area contributed by atoms with Crippen LogP contribution in [0.5, 0.6) is 0 Å². The molecule has 1 aliphatic rings. The lowest BCUT2D eigenvalue weighted by Gasteiger charge is -2.18. The van der Waals surface area contributed by atoms with E-state index < -0.39 is 0 Å². The van der Waals surface area contributed by atoms with Crippen LogP contribution in [-0.4, -0.2) is 0 Å². The molecule has 0 saturated heterocycles. The molecule has 0 heterocycles. The Morgan fingerprint density at radius 3 is 1.50 bits per heavy atom. The van der Waals surface area contributed by atoms with Gasteiger partial charge >= 0.3 is 0 Å². The van der Waals surface area contributed by atoms with Gasteiger partial charge in [-0.05, 0) is 71.5 Å². The maximum Gasteiger partial charge on any atom is 0.0456 e. The fourth-order valence-corrected chi connectivity index (χ4v) is 3.79. The molecule has 0 N–H and O–H groups in total. The highest BCUT2D eigenvalue weighted by Gasteiger charge is 2.18. The highest BCUT2D eigenvalue weighted by atomic mass is 35.5. The van der Waals surface area contributed by atoms with Crippen LogP contribution in [0.25, 0.3) is 5.57 Å². The zero-order valence-corrected chi connectivity index (χ0v) is 16.2. The highest BCUT2D eigenvalue weighted by Crippen LogP contribution is 2.39. The van der Waals surface area contributed by atoms with Crippen LogP contribution < -0.4 is 0 Å². The van der Waals surface area contributed by atoms with Crippen LogP contribution in [0.4, 0.5) is 0 Å². The molecule has 0 radical (unpaired) electrons. The Bertz CT molecular complexity index is 844. The van der Waals surface area contributed by atoms with E-state index in [1.165, 1.54) is 0 Å². The fraction of sp³-hybridized carbons (Fsp3) is 0.100. The van der Waals surface area contributed by atoms with Crippen LogP contribution in [-0.2, 0) is 0 Å². The van der Waals surface area contributed by atoms with Gasteiger partial charge in [-0.15, -0.1) is 0 Å². The molecule has 0 saturated carbocycles. The van der Waals surface area contributed by atoms with Crippen molar-refractivity contribution in [3.63, 3.8) is 0 Å². The van der Waals surface area contributed by atoms with E-state index in [0.29, 0.717) is 20.1 Å². The van der Waals surface area contributed by atoms with Crippen LogP contribution in [0.2, 0.25) is 20.1 Å². The number of halogens is 4. The molecular formula is C20H14Cl4. The molecule has 4 heteroatoms. The number of hydrogen-bond acceptors (Lipinski definition) is 0. The van der Waals surface area contributed by atoms with E-state index >= 15 is 0 Å². The topological polar surface area (TPSA) is 0 Å². The number of rotatable bonds is 2. The standard InChI is InChI=1S/C20H14Cl4/c1-11-16(7-14(21)9-18(11)23)20(13-5-3-4-6-13)17-8-15(22)10-19(24)12(17)2/h3-10H,1-2H3. The van der Waals surface area contributed by atoms with E-state index in [1.807, 2.05) is 38.1 Å². The molecule has 0 fully saturated rings. The minimum absolute atomic E-state index is 0.593. The van der Waals surface area contributed by atoms with Gasteiger partial charge in [-0.3, -0.25) is 0 Å². The molecule has 24 heavy (non-hydrogen) atoms. The van der Waals surface area contributed by atoms with Crippen LogP contribution in [0.3, 0.4) is 0 Å². The highest BCUT2D eigenvalue weighted by molar-refractivity contribution is 6.36. The van der Waals surface area contributed by atoms with Gasteiger partial charge in [-0.1, -0.05) is 70.7 Å². The summed E-state index contributed by atoms with van der Waals surface area (Å²) in [5, 5.41) is 2.45. The van der Waals surface area contributed by atoms with Crippen LogP contribution in [0, 0.1) is 13.8 Å². The van der Waals surface area contributed by atoms with Gasteiger partial charge in [-0.2, -0.15) is 0 Å². The maximum atomic E-state index is 6.36. The summed E-state index contributed by atoms with van der Waals surface area (Å²) < 4.78 is 0. The van der Waals surface area contributed by atoms with E-state index in [0.717, 1.165) is 33.4 Å². The summed E-state index contributed by atoms with van der Waals surface area (Å²) in [6.07, 6.45) is 8.10. The van der Waals surface area contributed by atoms with E-state index in [2.05, 4.69) is 12.2 Å². The Kier molecular flexibility index (Phi) is 5.13. The first-order chi connectivity index (χ1) is 11.4. The van der Waals surface area contributed by atoms with Gasteiger partial charge in [0.15, 0.2) is 0 Å². The first-order valence-corrected chi connectivity index (χ1v) is 8.90. The van der Waals surface area contributed by atoms with Gasteiger partial charge in [0.25, 0.3) is 0 Å². The summed E-state index contributed by atoms with van der Waals surface area (Å²) in [6, 6.07) is 7.36.